The van der Waals surface area contributed by atoms with Crippen molar-refractivity contribution in [3.63, 3.8) is 0 Å². The van der Waals surface area contributed by atoms with E-state index in [0.717, 1.165) is 17.2 Å². The van der Waals surface area contributed by atoms with E-state index < -0.39 is 16.8 Å². The molecule has 1 atom stereocenters. The van der Waals surface area contributed by atoms with Crippen LogP contribution < -0.4 is 0 Å². The second kappa shape index (κ2) is 4.78. The SMILES string of the molecule is O=C(O)c1ccc(S(=O)CCC2CC2)cc1. The predicted octanol–water partition coefficient (Wildman–Crippen LogP) is 2.29. The minimum absolute atomic E-state index is 0.239. The number of hydrogen-bond donors (Lipinski definition) is 1. The van der Waals surface area contributed by atoms with Crippen molar-refractivity contribution in [3.05, 3.63) is 29.8 Å². The monoisotopic (exact) mass is 238 g/mol. The molecule has 0 aromatic heterocycles. The van der Waals surface area contributed by atoms with Crippen LogP contribution in [0.3, 0.4) is 0 Å². The number of hydrogen-bond acceptors (Lipinski definition) is 2. The third-order valence-electron chi connectivity index (χ3n) is 2.77. The van der Waals surface area contributed by atoms with Crippen LogP contribution in [0.15, 0.2) is 29.2 Å². The van der Waals surface area contributed by atoms with Gasteiger partial charge in [0.15, 0.2) is 0 Å². The maximum absolute atomic E-state index is 11.8. The summed E-state index contributed by atoms with van der Waals surface area (Å²) in [4.78, 5) is 11.4. The highest BCUT2D eigenvalue weighted by Crippen LogP contribution is 2.32. The summed E-state index contributed by atoms with van der Waals surface area (Å²) in [5.74, 6) is 0.523. The van der Waals surface area contributed by atoms with Gasteiger partial charge in [-0.25, -0.2) is 4.79 Å². The normalized spacial score (nSPS) is 17.0. The standard InChI is InChI=1S/C12H14O3S/c13-12(14)10-3-5-11(6-4-10)16(15)8-7-9-1-2-9/h3-6,9H,1-2,7-8H2,(H,13,14). The van der Waals surface area contributed by atoms with E-state index >= 15 is 0 Å². The molecule has 3 nitrogen and oxygen atoms in total. The third-order valence-corrected chi connectivity index (χ3v) is 4.18. The molecule has 0 aliphatic heterocycles. The fraction of sp³-hybridized carbons (Fsp3) is 0.417. The van der Waals surface area contributed by atoms with Crippen LogP contribution in [0.4, 0.5) is 0 Å². The zero-order valence-electron chi connectivity index (χ0n) is 8.89. The van der Waals surface area contributed by atoms with Gasteiger partial charge in [-0.05, 0) is 36.6 Å². The lowest BCUT2D eigenvalue weighted by molar-refractivity contribution is 0.0697. The summed E-state index contributed by atoms with van der Waals surface area (Å²) in [5, 5.41) is 8.72. The van der Waals surface area contributed by atoms with Crippen LogP contribution in [0.1, 0.15) is 29.6 Å². The van der Waals surface area contributed by atoms with Gasteiger partial charge in [0.25, 0.3) is 0 Å². The molecule has 1 fully saturated rings. The molecule has 1 aromatic carbocycles. The van der Waals surface area contributed by atoms with Crippen LogP contribution in [-0.4, -0.2) is 21.0 Å². The highest BCUT2D eigenvalue weighted by Gasteiger charge is 2.21. The Kier molecular flexibility index (Phi) is 3.39. The number of aromatic carboxylic acids is 1. The van der Waals surface area contributed by atoms with E-state index in [-0.39, 0.29) is 5.56 Å². The number of carboxylic acids is 1. The summed E-state index contributed by atoms with van der Waals surface area (Å²) in [5.41, 5.74) is 0.239. The van der Waals surface area contributed by atoms with Gasteiger partial charge >= 0.3 is 5.97 Å². The second-order valence-corrected chi connectivity index (χ2v) is 5.68. The van der Waals surface area contributed by atoms with Crippen molar-refractivity contribution in [1.29, 1.82) is 0 Å². The predicted molar refractivity (Wildman–Crippen MR) is 62.0 cm³/mol. The molecule has 0 saturated heterocycles. The lowest BCUT2D eigenvalue weighted by Gasteiger charge is -2.02. The minimum atomic E-state index is -0.978. The van der Waals surface area contributed by atoms with Crippen molar-refractivity contribution in [2.75, 3.05) is 5.75 Å². The zero-order valence-corrected chi connectivity index (χ0v) is 9.70. The molecule has 1 N–H and O–H groups in total. The fourth-order valence-corrected chi connectivity index (χ4v) is 2.77. The molecule has 1 saturated carbocycles. The number of rotatable bonds is 5. The fourth-order valence-electron chi connectivity index (χ4n) is 1.55. The molecule has 2 rings (SSSR count). The molecule has 0 heterocycles. The summed E-state index contributed by atoms with van der Waals surface area (Å²) in [6, 6.07) is 6.30. The number of benzene rings is 1. The van der Waals surface area contributed by atoms with Gasteiger partial charge in [0.05, 0.1) is 16.4 Å². The van der Waals surface area contributed by atoms with Gasteiger partial charge in [-0.1, -0.05) is 12.8 Å². The third kappa shape index (κ3) is 2.92. The van der Waals surface area contributed by atoms with Gasteiger partial charge in [0, 0.05) is 10.6 Å². The first-order valence-corrected chi connectivity index (χ1v) is 6.70. The average Bonchev–Trinajstić information content (AvgIpc) is 3.10. The quantitative estimate of drug-likeness (QED) is 0.856. The van der Waals surface area contributed by atoms with Crippen LogP contribution in [0.5, 0.6) is 0 Å². The van der Waals surface area contributed by atoms with Gasteiger partial charge in [-0.2, -0.15) is 0 Å². The van der Waals surface area contributed by atoms with Crippen LogP contribution in [-0.2, 0) is 10.8 Å². The summed E-state index contributed by atoms with van der Waals surface area (Å²) < 4.78 is 11.8. The molecule has 1 aromatic rings. The topological polar surface area (TPSA) is 54.4 Å². The van der Waals surface area contributed by atoms with Crippen molar-refractivity contribution in [3.8, 4) is 0 Å². The van der Waals surface area contributed by atoms with Crippen molar-refractivity contribution < 1.29 is 14.1 Å². The molecule has 0 bridgehead atoms. The summed E-state index contributed by atoms with van der Waals surface area (Å²) >= 11 is 0. The Morgan fingerprint density at radius 2 is 1.94 bits per heavy atom. The van der Waals surface area contributed by atoms with E-state index in [1.165, 1.54) is 25.0 Å². The van der Waals surface area contributed by atoms with Crippen LogP contribution in [0.25, 0.3) is 0 Å². The molecule has 4 heteroatoms. The Morgan fingerprint density at radius 3 is 2.44 bits per heavy atom. The molecule has 0 radical (unpaired) electrons. The highest BCUT2D eigenvalue weighted by atomic mass is 32.2. The van der Waals surface area contributed by atoms with Gasteiger partial charge in [0.1, 0.15) is 0 Å². The molecular formula is C12H14O3S. The minimum Gasteiger partial charge on any atom is -0.478 e. The lowest BCUT2D eigenvalue weighted by Crippen LogP contribution is -2.01. The van der Waals surface area contributed by atoms with E-state index in [2.05, 4.69) is 0 Å². The first-order chi connectivity index (χ1) is 7.66. The van der Waals surface area contributed by atoms with Crippen molar-refractivity contribution in [1.82, 2.24) is 0 Å². The Balaban J connectivity index is 1.96. The average molecular weight is 238 g/mol. The van der Waals surface area contributed by atoms with Crippen LogP contribution in [0, 0.1) is 5.92 Å². The van der Waals surface area contributed by atoms with Gasteiger partial charge in [0.2, 0.25) is 0 Å². The molecule has 1 aliphatic rings. The Morgan fingerprint density at radius 1 is 1.31 bits per heavy atom. The van der Waals surface area contributed by atoms with E-state index in [0.29, 0.717) is 5.75 Å². The van der Waals surface area contributed by atoms with Gasteiger partial charge in [-0.15, -0.1) is 0 Å². The van der Waals surface area contributed by atoms with E-state index in [1.54, 1.807) is 12.1 Å². The van der Waals surface area contributed by atoms with E-state index in [4.69, 9.17) is 5.11 Å². The lowest BCUT2D eigenvalue weighted by atomic mass is 10.2. The summed E-state index contributed by atoms with van der Waals surface area (Å²) in [7, 11) is -0.978. The first kappa shape index (κ1) is 11.3. The first-order valence-electron chi connectivity index (χ1n) is 5.38. The molecule has 1 aliphatic carbocycles. The Hall–Kier alpha value is -1.16. The van der Waals surface area contributed by atoms with Crippen molar-refractivity contribution >= 4 is 16.8 Å². The highest BCUT2D eigenvalue weighted by molar-refractivity contribution is 7.85. The Labute approximate surface area is 96.9 Å². The summed E-state index contributed by atoms with van der Waals surface area (Å²) in [6.07, 6.45) is 3.57. The maximum Gasteiger partial charge on any atom is 0.335 e. The summed E-state index contributed by atoms with van der Waals surface area (Å²) in [6.45, 7) is 0. The van der Waals surface area contributed by atoms with Gasteiger partial charge < -0.3 is 5.11 Å². The molecule has 0 amide bonds. The molecular weight excluding hydrogens is 224 g/mol. The number of carbonyl (C=O) groups is 1. The van der Waals surface area contributed by atoms with Gasteiger partial charge in [-0.3, -0.25) is 4.21 Å². The molecule has 0 spiro atoms. The van der Waals surface area contributed by atoms with Crippen molar-refractivity contribution in [2.24, 2.45) is 5.92 Å². The van der Waals surface area contributed by atoms with Crippen molar-refractivity contribution in [2.45, 2.75) is 24.2 Å². The van der Waals surface area contributed by atoms with Crippen LogP contribution >= 0.6 is 0 Å². The largest absolute Gasteiger partial charge is 0.478 e. The smallest absolute Gasteiger partial charge is 0.335 e. The maximum atomic E-state index is 11.8. The Bertz CT molecular complexity index is 407. The van der Waals surface area contributed by atoms with E-state index in [9.17, 15) is 9.00 Å². The van der Waals surface area contributed by atoms with Crippen LogP contribution in [0.2, 0.25) is 0 Å². The zero-order chi connectivity index (χ0) is 11.5. The number of carboxylic acid groups (broad SMARTS) is 1. The molecule has 86 valence electrons. The van der Waals surface area contributed by atoms with E-state index in [1.807, 2.05) is 0 Å². The molecule has 1 unspecified atom stereocenters. The molecule has 16 heavy (non-hydrogen) atoms. The second-order valence-electron chi connectivity index (χ2n) is 4.11.